The molecule has 0 aliphatic carbocycles. The van der Waals surface area contributed by atoms with Gasteiger partial charge in [0, 0.05) is 17.9 Å². The van der Waals surface area contributed by atoms with E-state index in [1.54, 1.807) is 45.0 Å². The first-order valence-electron chi connectivity index (χ1n) is 8.95. The predicted octanol–water partition coefficient (Wildman–Crippen LogP) is 3.59. The summed E-state index contributed by atoms with van der Waals surface area (Å²) in [4.78, 5) is 38.0. The maximum atomic E-state index is 12.8. The van der Waals surface area contributed by atoms with E-state index in [1.165, 1.54) is 12.0 Å². The van der Waals surface area contributed by atoms with Gasteiger partial charge in [0.25, 0.3) is 0 Å². The van der Waals surface area contributed by atoms with Gasteiger partial charge in [0.2, 0.25) is 5.91 Å². The first-order chi connectivity index (χ1) is 12.7. The van der Waals surface area contributed by atoms with Gasteiger partial charge in [0.1, 0.15) is 11.6 Å². The highest BCUT2D eigenvalue weighted by Crippen LogP contribution is 2.23. The van der Waals surface area contributed by atoms with E-state index in [-0.39, 0.29) is 5.91 Å². The van der Waals surface area contributed by atoms with Crippen LogP contribution in [0.15, 0.2) is 24.3 Å². The number of methoxy groups -OCH3 is 1. The summed E-state index contributed by atoms with van der Waals surface area (Å²) >= 11 is 0. The number of carbonyl (C=O) groups excluding carboxylic acids is 3. The molecule has 1 aromatic rings. The van der Waals surface area contributed by atoms with Gasteiger partial charge in [-0.15, -0.1) is 0 Å². The molecule has 8 heteroatoms. The lowest BCUT2D eigenvalue weighted by Gasteiger charge is -2.35. The Hall–Kier alpha value is -2.77. The minimum Gasteiger partial charge on any atom is -0.453 e. The van der Waals surface area contributed by atoms with Gasteiger partial charge in [-0.3, -0.25) is 15.0 Å². The van der Waals surface area contributed by atoms with E-state index >= 15 is 0 Å². The molecule has 2 N–H and O–H groups in total. The molecule has 1 aromatic carbocycles. The first kappa shape index (κ1) is 20.5. The normalized spacial score (nSPS) is 17.0. The third-order valence-corrected chi connectivity index (χ3v) is 4.00. The summed E-state index contributed by atoms with van der Waals surface area (Å²) < 4.78 is 9.98. The third-order valence-electron chi connectivity index (χ3n) is 4.00. The summed E-state index contributed by atoms with van der Waals surface area (Å²) in [6, 6.07) is 6.12. The smallest absolute Gasteiger partial charge is 0.411 e. The van der Waals surface area contributed by atoms with Gasteiger partial charge in [0.05, 0.1) is 7.11 Å². The molecule has 8 nitrogen and oxygen atoms in total. The van der Waals surface area contributed by atoms with Crippen LogP contribution in [0, 0.1) is 0 Å². The number of ether oxygens (including phenoxy) is 2. The molecule has 3 amide bonds. The number of nitrogens with one attached hydrogen (secondary N) is 2. The number of hydrogen-bond donors (Lipinski definition) is 2. The molecule has 0 spiro atoms. The van der Waals surface area contributed by atoms with Crippen molar-refractivity contribution in [3.8, 4) is 0 Å². The largest absolute Gasteiger partial charge is 0.453 e. The van der Waals surface area contributed by atoms with Crippen molar-refractivity contribution in [2.45, 2.75) is 51.7 Å². The Balaban J connectivity index is 2.07. The number of anilines is 2. The lowest BCUT2D eigenvalue weighted by atomic mass is 10.0. The van der Waals surface area contributed by atoms with E-state index in [0.717, 1.165) is 12.8 Å². The molecule has 1 heterocycles. The predicted molar refractivity (Wildman–Crippen MR) is 102 cm³/mol. The second-order valence-electron chi connectivity index (χ2n) is 7.37. The van der Waals surface area contributed by atoms with Gasteiger partial charge in [-0.2, -0.15) is 0 Å². The van der Waals surface area contributed by atoms with Crippen molar-refractivity contribution in [3.05, 3.63) is 24.3 Å². The van der Waals surface area contributed by atoms with E-state index < -0.39 is 23.8 Å². The highest BCUT2D eigenvalue weighted by atomic mass is 16.6. The zero-order valence-electron chi connectivity index (χ0n) is 16.2. The Morgan fingerprint density at radius 2 is 1.78 bits per heavy atom. The topological polar surface area (TPSA) is 97.0 Å². The molecule has 1 fully saturated rings. The van der Waals surface area contributed by atoms with Crippen molar-refractivity contribution in [3.63, 3.8) is 0 Å². The van der Waals surface area contributed by atoms with Crippen LogP contribution >= 0.6 is 0 Å². The van der Waals surface area contributed by atoms with Crippen molar-refractivity contribution in [1.29, 1.82) is 0 Å². The van der Waals surface area contributed by atoms with Crippen LogP contribution in [-0.4, -0.2) is 48.3 Å². The zero-order valence-corrected chi connectivity index (χ0v) is 16.2. The lowest BCUT2D eigenvalue weighted by Crippen LogP contribution is -2.51. The van der Waals surface area contributed by atoms with E-state index in [0.29, 0.717) is 24.3 Å². The second-order valence-corrected chi connectivity index (χ2v) is 7.37. The highest BCUT2D eigenvalue weighted by Gasteiger charge is 2.34. The van der Waals surface area contributed by atoms with Crippen LogP contribution < -0.4 is 10.6 Å². The monoisotopic (exact) mass is 377 g/mol. The Morgan fingerprint density at radius 1 is 1.11 bits per heavy atom. The molecule has 1 aliphatic heterocycles. The molecule has 0 bridgehead atoms. The van der Waals surface area contributed by atoms with Gasteiger partial charge in [-0.25, -0.2) is 9.59 Å². The fourth-order valence-electron chi connectivity index (χ4n) is 2.81. The molecule has 0 aromatic heterocycles. The van der Waals surface area contributed by atoms with Crippen molar-refractivity contribution in [1.82, 2.24) is 4.90 Å². The zero-order chi connectivity index (χ0) is 20.0. The number of rotatable bonds is 3. The summed E-state index contributed by atoms with van der Waals surface area (Å²) in [5, 5.41) is 5.35. The van der Waals surface area contributed by atoms with Gasteiger partial charge in [0.15, 0.2) is 0 Å². The van der Waals surface area contributed by atoms with E-state index in [4.69, 9.17) is 4.74 Å². The number of piperidine rings is 1. The Bertz CT molecular complexity index is 699. The second kappa shape index (κ2) is 8.75. The average molecular weight is 377 g/mol. The minimum absolute atomic E-state index is 0.282. The molecular formula is C19H27N3O5. The molecule has 0 radical (unpaired) electrons. The maximum absolute atomic E-state index is 12.8. The molecule has 1 aliphatic rings. The molecule has 0 unspecified atom stereocenters. The molecule has 2 rings (SSSR count). The van der Waals surface area contributed by atoms with Crippen LogP contribution in [0.3, 0.4) is 0 Å². The number of nitrogens with zero attached hydrogens (tertiary/aromatic N) is 1. The van der Waals surface area contributed by atoms with Gasteiger partial charge >= 0.3 is 12.2 Å². The molecule has 1 atom stereocenters. The number of amides is 3. The number of hydrogen-bond acceptors (Lipinski definition) is 5. The summed E-state index contributed by atoms with van der Waals surface area (Å²) in [5.74, 6) is -0.282. The molecule has 148 valence electrons. The number of likely N-dealkylation sites (tertiary alicyclic amines) is 1. The van der Waals surface area contributed by atoms with E-state index in [2.05, 4.69) is 15.4 Å². The SMILES string of the molecule is COC(=O)Nc1cccc(NC(=O)[C@@H]2CCCCN2C(=O)OC(C)(C)C)c1. The van der Waals surface area contributed by atoms with Crippen LogP contribution in [-0.2, 0) is 14.3 Å². The van der Waals surface area contributed by atoms with Crippen molar-refractivity contribution >= 4 is 29.5 Å². The van der Waals surface area contributed by atoms with Crippen LogP contribution in [0.25, 0.3) is 0 Å². The minimum atomic E-state index is -0.622. The van der Waals surface area contributed by atoms with Crippen molar-refractivity contribution < 1.29 is 23.9 Å². The van der Waals surface area contributed by atoms with Gasteiger partial charge < -0.3 is 14.8 Å². The molecule has 1 saturated heterocycles. The molecular weight excluding hydrogens is 350 g/mol. The first-order valence-corrected chi connectivity index (χ1v) is 8.95. The quantitative estimate of drug-likeness (QED) is 0.839. The highest BCUT2D eigenvalue weighted by molar-refractivity contribution is 5.97. The fraction of sp³-hybridized carbons (Fsp3) is 0.526. The summed E-state index contributed by atoms with van der Waals surface area (Å²) in [6.07, 6.45) is 1.19. The number of benzene rings is 1. The van der Waals surface area contributed by atoms with Gasteiger partial charge in [-0.05, 0) is 58.2 Å². The average Bonchev–Trinajstić information content (AvgIpc) is 2.60. The standard InChI is InChI=1S/C19H27N3O5/c1-19(2,3)27-18(25)22-11-6-5-10-15(22)16(23)20-13-8-7-9-14(12-13)21-17(24)26-4/h7-9,12,15H,5-6,10-11H2,1-4H3,(H,20,23)(H,21,24)/t15-/m0/s1. The molecule has 0 saturated carbocycles. The summed E-state index contributed by atoms with van der Waals surface area (Å²) in [6.45, 7) is 5.87. The Morgan fingerprint density at radius 3 is 2.41 bits per heavy atom. The number of carbonyl (C=O) groups is 3. The van der Waals surface area contributed by atoms with Crippen LogP contribution in [0.5, 0.6) is 0 Å². The maximum Gasteiger partial charge on any atom is 0.411 e. The fourth-order valence-corrected chi connectivity index (χ4v) is 2.81. The Labute approximate surface area is 159 Å². The van der Waals surface area contributed by atoms with Crippen LogP contribution in [0.1, 0.15) is 40.0 Å². The van der Waals surface area contributed by atoms with Crippen LogP contribution in [0.2, 0.25) is 0 Å². The van der Waals surface area contributed by atoms with E-state index in [9.17, 15) is 14.4 Å². The Kier molecular flexibility index (Phi) is 6.65. The van der Waals surface area contributed by atoms with Crippen molar-refractivity contribution in [2.24, 2.45) is 0 Å². The molecule has 27 heavy (non-hydrogen) atoms. The summed E-state index contributed by atoms with van der Waals surface area (Å²) in [7, 11) is 1.27. The summed E-state index contributed by atoms with van der Waals surface area (Å²) in [5.41, 5.74) is 0.389. The van der Waals surface area contributed by atoms with Crippen LogP contribution in [0.4, 0.5) is 21.0 Å². The lowest BCUT2D eigenvalue weighted by molar-refractivity contribution is -0.122. The van der Waals surface area contributed by atoms with Crippen molar-refractivity contribution in [2.75, 3.05) is 24.3 Å². The van der Waals surface area contributed by atoms with E-state index in [1.807, 2.05) is 0 Å². The third kappa shape index (κ3) is 6.16. The van der Waals surface area contributed by atoms with Gasteiger partial charge in [-0.1, -0.05) is 6.07 Å².